The van der Waals surface area contributed by atoms with Crippen LogP contribution in [0.1, 0.15) is 19.7 Å². The van der Waals surface area contributed by atoms with Crippen molar-refractivity contribution in [3.63, 3.8) is 0 Å². The Morgan fingerprint density at radius 2 is 2.08 bits per heavy atom. The van der Waals surface area contributed by atoms with Gasteiger partial charge in [0.25, 0.3) is 0 Å². The predicted octanol–water partition coefficient (Wildman–Crippen LogP) is 3.83. The van der Waals surface area contributed by atoms with Gasteiger partial charge in [0, 0.05) is 0 Å². The molecule has 0 unspecified atom stereocenters. The molecule has 0 fully saturated rings. The molecule has 1 aromatic carbocycles. The highest BCUT2D eigenvalue weighted by Crippen LogP contribution is 2.31. The van der Waals surface area contributed by atoms with E-state index in [1.165, 1.54) is 6.07 Å². The lowest BCUT2D eigenvalue weighted by Crippen LogP contribution is -1.98. The maximum atomic E-state index is 10.7. The Labute approximate surface area is 97.2 Å². The molecule has 1 N–H and O–H groups in total. The highest BCUT2D eigenvalue weighted by molar-refractivity contribution is 9.24. The molecule has 13 heavy (non-hydrogen) atoms. The number of benzene rings is 1. The molecule has 1 rings (SSSR count). The fraction of sp³-hybridized carbons (Fsp3) is 0.125. The third kappa shape index (κ3) is 2.69. The van der Waals surface area contributed by atoms with E-state index in [1.54, 1.807) is 12.1 Å². The molecule has 1 aromatic rings. The summed E-state index contributed by atoms with van der Waals surface area (Å²) in [6, 6.07) is 4.84. The lowest BCUT2D eigenvalue weighted by Gasteiger charge is -2.04. The van der Waals surface area contributed by atoms with E-state index in [0.717, 1.165) is 5.56 Å². The third-order valence-corrected chi connectivity index (χ3v) is 2.86. The molecule has 0 aliphatic carbocycles. The largest absolute Gasteiger partial charge is 0.478 e. The second-order valence-electron chi connectivity index (χ2n) is 2.35. The van der Waals surface area contributed by atoms with Crippen LogP contribution in [0.25, 0.3) is 0 Å². The molecule has 0 saturated heterocycles. The standard InChI is InChI=1S/C8H5Br2ClO2/c9-7(10)4-1-2-6(11)5(3-4)8(12)13/h1-3,7H,(H,12,13). The van der Waals surface area contributed by atoms with Crippen molar-refractivity contribution >= 4 is 49.4 Å². The lowest BCUT2D eigenvalue weighted by atomic mass is 10.1. The summed E-state index contributed by atoms with van der Waals surface area (Å²) in [5.41, 5.74) is 0.935. The molecule has 5 heteroatoms. The van der Waals surface area contributed by atoms with Crippen LogP contribution < -0.4 is 0 Å². The summed E-state index contributed by atoms with van der Waals surface area (Å²) in [4.78, 5) is 10.7. The summed E-state index contributed by atoms with van der Waals surface area (Å²) in [6.07, 6.45) is 0. The molecule has 0 atom stereocenters. The number of aromatic carboxylic acids is 1. The molecule has 0 heterocycles. The smallest absolute Gasteiger partial charge is 0.337 e. The van der Waals surface area contributed by atoms with Gasteiger partial charge in [-0.2, -0.15) is 0 Å². The van der Waals surface area contributed by atoms with E-state index < -0.39 is 5.97 Å². The number of halogens is 3. The van der Waals surface area contributed by atoms with Crippen molar-refractivity contribution in [2.45, 2.75) is 3.74 Å². The summed E-state index contributed by atoms with van der Waals surface area (Å²) >= 11 is 12.2. The molecule has 0 bridgehead atoms. The molecular formula is C8H5Br2ClO2. The molecule has 0 aromatic heterocycles. The number of hydrogen-bond donors (Lipinski definition) is 1. The van der Waals surface area contributed by atoms with Crippen LogP contribution in [0.5, 0.6) is 0 Å². The second-order valence-corrected chi connectivity index (χ2v) is 5.81. The predicted molar refractivity (Wildman–Crippen MR) is 59.0 cm³/mol. The topological polar surface area (TPSA) is 37.3 Å². The van der Waals surface area contributed by atoms with Gasteiger partial charge >= 0.3 is 5.97 Å². The van der Waals surface area contributed by atoms with Crippen LogP contribution in [0.4, 0.5) is 0 Å². The van der Waals surface area contributed by atoms with E-state index >= 15 is 0 Å². The maximum Gasteiger partial charge on any atom is 0.337 e. The lowest BCUT2D eigenvalue weighted by molar-refractivity contribution is 0.0697. The van der Waals surface area contributed by atoms with E-state index in [1.807, 2.05) is 0 Å². The minimum Gasteiger partial charge on any atom is -0.478 e. The van der Waals surface area contributed by atoms with Gasteiger partial charge in [-0.1, -0.05) is 49.5 Å². The Morgan fingerprint density at radius 3 is 2.54 bits per heavy atom. The molecule has 0 aliphatic rings. The number of carboxylic acids is 1. The number of hydrogen-bond acceptors (Lipinski definition) is 1. The molecular weight excluding hydrogens is 323 g/mol. The fourth-order valence-corrected chi connectivity index (χ4v) is 1.61. The van der Waals surface area contributed by atoms with Crippen LogP contribution >= 0.6 is 43.5 Å². The average molecular weight is 328 g/mol. The van der Waals surface area contributed by atoms with Crippen molar-refractivity contribution < 1.29 is 9.90 Å². The van der Waals surface area contributed by atoms with Crippen molar-refractivity contribution in [1.29, 1.82) is 0 Å². The van der Waals surface area contributed by atoms with Crippen LogP contribution in [-0.4, -0.2) is 11.1 Å². The fourth-order valence-electron chi connectivity index (χ4n) is 0.843. The van der Waals surface area contributed by atoms with Crippen LogP contribution in [0.2, 0.25) is 5.02 Å². The molecule has 2 nitrogen and oxygen atoms in total. The van der Waals surface area contributed by atoms with E-state index in [9.17, 15) is 4.79 Å². The Kier molecular flexibility index (Phi) is 3.76. The van der Waals surface area contributed by atoms with E-state index in [-0.39, 0.29) is 14.3 Å². The van der Waals surface area contributed by atoms with Crippen molar-refractivity contribution in [2.75, 3.05) is 0 Å². The van der Waals surface area contributed by atoms with E-state index in [2.05, 4.69) is 31.9 Å². The minimum absolute atomic E-state index is 0.0598. The van der Waals surface area contributed by atoms with Crippen molar-refractivity contribution in [3.8, 4) is 0 Å². The van der Waals surface area contributed by atoms with Crippen LogP contribution in [-0.2, 0) is 0 Å². The first-order valence-corrected chi connectivity index (χ1v) is 5.54. The Balaban J connectivity index is 3.19. The first kappa shape index (κ1) is 11.0. The average Bonchev–Trinajstić information content (AvgIpc) is 2.04. The zero-order chi connectivity index (χ0) is 10.0. The zero-order valence-corrected chi connectivity index (χ0v) is 10.2. The van der Waals surface area contributed by atoms with Gasteiger partial charge in [0.15, 0.2) is 0 Å². The number of carboxylic acid groups (broad SMARTS) is 1. The molecule has 0 spiro atoms. The highest BCUT2D eigenvalue weighted by Gasteiger charge is 2.11. The number of alkyl halides is 2. The van der Waals surface area contributed by atoms with Crippen LogP contribution in [0, 0.1) is 0 Å². The zero-order valence-electron chi connectivity index (χ0n) is 6.30. The molecule has 0 aliphatic heterocycles. The van der Waals surface area contributed by atoms with Gasteiger partial charge in [-0.15, -0.1) is 0 Å². The highest BCUT2D eigenvalue weighted by atomic mass is 79.9. The maximum absolute atomic E-state index is 10.7. The molecule has 0 radical (unpaired) electrons. The van der Waals surface area contributed by atoms with E-state index in [4.69, 9.17) is 16.7 Å². The first-order chi connectivity index (χ1) is 6.02. The van der Waals surface area contributed by atoms with Gasteiger partial charge in [0.2, 0.25) is 0 Å². The summed E-state index contributed by atoms with van der Waals surface area (Å²) in [5, 5.41) is 9.00. The second kappa shape index (κ2) is 4.44. The summed E-state index contributed by atoms with van der Waals surface area (Å²) < 4.78 is -0.0598. The van der Waals surface area contributed by atoms with Gasteiger partial charge in [0.05, 0.1) is 14.3 Å². The van der Waals surface area contributed by atoms with Crippen molar-refractivity contribution in [3.05, 3.63) is 34.3 Å². The van der Waals surface area contributed by atoms with Gasteiger partial charge < -0.3 is 5.11 Å². The molecule has 0 saturated carbocycles. The van der Waals surface area contributed by atoms with Crippen LogP contribution in [0.3, 0.4) is 0 Å². The van der Waals surface area contributed by atoms with Gasteiger partial charge in [0.1, 0.15) is 0 Å². The Bertz CT molecular complexity index is 339. The van der Waals surface area contributed by atoms with Crippen molar-refractivity contribution in [1.82, 2.24) is 0 Å². The van der Waals surface area contributed by atoms with Gasteiger partial charge in [-0.3, -0.25) is 0 Å². The summed E-state index contributed by atoms with van der Waals surface area (Å²) in [7, 11) is 0. The van der Waals surface area contributed by atoms with E-state index in [0.29, 0.717) is 0 Å². The quantitative estimate of drug-likeness (QED) is 0.838. The van der Waals surface area contributed by atoms with Gasteiger partial charge in [-0.05, 0) is 17.7 Å². The monoisotopic (exact) mass is 326 g/mol. The van der Waals surface area contributed by atoms with Gasteiger partial charge in [-0.25, -0.2) is 4.79 Å². The molecule has 0 amide bonds. The molecule has 70 valence electrons. The summed E-state index contributed by atoms with van der Waals surface area (Å²) in [6.45, 7) is 0. The van der Waals surface area contributed by atoms with Crippen LogP contribution in [0.15, 0.2) is 18.2 Å². The normalized spacial score (nSPS) is 10.5. The Morgan fingerprint density at radius 1 is 1.46 bits per heavy atom. The van der Waals surface area contributed by atoms with Crippen molar-refractivity contribution in [2.24, 2.45) is 0 Å². The number of rotatable bonds is 2. The third-order valence-electron chi connectivity index (χ3n) is 1.47. The summed E-state index contributed by atoms with van der Waals surface area (Å²) in [5.74, 6) is -1.02. The number of carbonyl (C=O) groups is 1. The first-order valence-electron chi connectivity index (χ1n) is 3.33. The Hall–Kier alpha value is -0.0600. The SMILES string of the molecule is O=C(O)c1cc(C(Br)Br)ccc1Cl. The minimum atomic E-state index is -1.02.